The highest BCUT2D eigenvalue weighted by atomic mass is 16.2. The van der Waals surface area contributed by atoms with Gasteiger partial charge in [-0.2, -0.15) is 9.61 Å². The standard InChI is InChI=1S/C21H29N5O/c1-15-12-20(26-19(23-15)6-9-22-26)24-10-7-16(8-11-24)21(27)25-13-17-4-2-3-5-18(17)14-25/h6,9,12,16-18H,2-5,7-8,10-11,13-14H2,1H3. The molecule has 6 nitrogen and oxygen atoms in total. The number of aromatic nitrogens is 3. The molecule has 2 atom stereocenters. The summed E-state index contributed by atoms with van der Waals surface area (Å²) in [4.78, 5) is 22.2. The molecular weight excluding hydrogens is 338 g/mol. The second-order valence-corrected chi connectivity index (χ2v) is 8.67. The van der Waals surface area contributed by atoms with Crippen molar-refractivity contribution in [2.45, 2.75) is 45.4 Å². The molecule has 1 aliphatic carbocycles. The number of nitrogens with zero attached hydrogens (tertiary/aromatic N) is 5. The molecule has 4 heterocycles. The molecule has 3 fully saturated rings. The van der Waals surface area contributed by atoms with E-state index in [0.717, 1.165) is 68.0 Å². The maximum absolute atomic E-state index is 13.1. The van der Waals surface area contributed by atoms with Gasteiger partial charge in [0.05, 0.1) is 6.20 Å². The van der Waals surface area contributed by atoms with Crippen LogP contribution in [-0.2, 0) is 4.79 Å². The minimum Gasteiger partial charge on any atom is -0.356 e. The summed E-state index contributed by atoms with van der Waals surface area (Å²) in [6, 6.07) is 4.05. The summed E-state index contributed by atoms with van der Waals surface area (Å²) < 4.78 is 1.92. The van der Waals surface area contributed by atoms with Crippen LogP contribution in [-0.4, -0.2) is 51.6 Å². The maximum atomic E-state index is 13.1. The summed E-state index contributed by atoms with van der Waals surface area (Å²) in [7, 11) is 0. The summed E-state index contributed by atoms with van der Waals surface area (Å²) in [5, 5.41) is 4.43. The van der Waals surface area contributed by atoms with Gasteiger partial charge in [-0.15, -0.1) is 0 Å². The Balaban J connectivity index is 1.25. The van der Waals surface area contributed by atoms with Crippen LogP contribution in [0.5, 0.6) is 0 Å². The smallest absolute Gasteiger partial charge is 0.225 e. The average molecular weight is 367 g/mol. The molecule has 2 aromatic rings. The molecule has 0 bridgehead atoms. The third-order valence-electron chi connectivity index (χ3n) is 6.92. The lowest BCUT2D eigenvalue weighted by atomic mass is 9.82. The van der Waals surface area contributed by atoms with Crippen molar-refractivity contribution in [2.24, 2.45) is 17.8 Å². The molecule has 2 aliphatic heterocycles. The highest BCUT2D eigenvalue weighted by Crippen LogP contribution is 2.37. The maximum Gasteiger partial charge on any atom is 0.225 e. The van der Waals surface area contributed by atoms with E-state index in [2.05, 4.69) is 25.9 Å². The number of fused-ring (bicyclic) bond motifs is 2. The van der Waals surface area contributed by atoms with Gasteiger partial charge in [0.25, 0.3) is 0 Å². The summed E-state index contributed by atoms with van der Waals surface area (Å²) >= 11 is 0. The molecule has 144 valence electrons. The van der Waals surface area contributed by atoms with Gasteiger partial charge in [-0.3, -0.25) is 4.79 Å². The van der Waals surface area contributed by atoms with Crippen LogP contribution >= 0.6 is 0 Å². The Kier molecular flexibility index (Phi) is 4.29. The van der Waals surface area contributed by atoms with E-state index < -0.39 is 0 Å². The first-order valence-electron chi connectivity index (χ1n) is 10.5. The third-order valence-corrected chi connectivity index (χ3v) is 6.92. The quantitative estimate of drug-likeness (QED) is 0.819. The molecule has 2 unspecified atom stereocenters. The van der Waals surface area contributed by atoms with Crippen LogP contribution < -0.4 is 4.90 Å². The first kappa shape index (κ1) is 17.0. The summed E-state index contributed by atoms with van der Waals surface area (Å²) in [5.41, 5.74) is 1.90. The molecule has 6 heteroatoms. The van der Waals surface area contributed by atoms with Crippen molar-refractivity contribution in [2.75, 3.05) is 31.1 Å². The monoisotopic (exact) mass is 367 g/mol. The van der Waals surface area contributed by atoms with Gasteiger partial charge in [0.2, 0.25) is 5.91 Å². The Morgan fingerprint density at radius 1 is 1.07 bits per heavy atom. The zero-order valence-electron chi connectivity index (χ0n) is 16.2. The van der Waals surface area contributed by atoms with E-state index >= 15 is 0 Å². The zero-order valence-corrected chi connectivity index (χ0v) is 16.2. The van der Waals surface area contributed by atoms with Crippen molar-refractivity contribution >= 4 is 17.4 Å². The molecule has 0 radical (unpaired) electrons. The van der Waals surface area contributed by atoms with E-state index in [-0.39, 0.29) is 5.92 Å². The highest BCUT2D eigenvalue weighted by molar-refractivity contribution is 5.79. The lowest BCUT2D eigenvalue weighted by Gasteiger charge is -2.34. The van der Waals surface area contributed by atoms with Crippen LogP contribution in [0.3, 0.4) is 0 Å². The second kappa shape index (κ2) is 6.80. The number of carbonyl (C=O) groups is 1. The minimum atomic E-state index is 0.192. The van der Waals surface area contributed by atoms with Gasteiger partial charge < -0.3 is 9.80 Å². The number of likely N-dealkylation sites (tertiary alicyclic amines) is 1. The van der Waals surface area contributed by atoms with Gasteiger partial charge in [0.1, 0.15) is 5.82 Å². The Hall–Kier alpha value is -2.11. The van der Waals surface area contributed by atoms with Crippen molar-refractivity contribution in [3.05, 3.63) is 24.0 Å². The van der Waals surface area contributed by atoms with Crippen molar-refractivity contribution in [3.8, 4) is 0 Å². The number of hydrogen-bond donors (Lipinski definition) is 0. The number of amides is 1. The second-order valence-electron chi connectivity index (χ2n) is 8.67. The number of carbonyl (C=O) groups excluding carboxylic acids is 1. The summed E-state index contributed by atoms with van der Waals surface area (Å²) in [6.45, 7) is 5.88. The number of anilines is 1. The Morgan fingerprint density at radius 3 is 2.48 bits per heavy atom. The average Bonchev–Trinajstić information content (AvgIpc) is 3.33. The van der Waals surface area contributed by atoms with Crippen LogP contribution in [0.15, 0.2) is 18.3 Å². The van der Waals surface area contributed by atoms with Crippen LogP contribution in [0.2, 0.25) is 0 Å². The van der Waals surface area contributed by atoms with Gasteiger partial charge in [-0.05, 0) is 44.4 Å². The van der Waals surface area contributed by atoms with Gasteiger partial charge in [0, 0.05) is 49.9 Å². The van der Waals surface area contributed by atoms with Gasteiger partial charge in [-0.25, -0.2) is 4.98 Å². The predicted molar refractivity (Wildman–Crippen MR) is 105 cm³/mol. The van der Waals surface area contributed by atoms with Crippen molar-refractivity contribution in [1.82, 2.24) is 19.5 Å². The lowest BCUT2D eigenvalue weighted by Crippen LogP contribution is -2.42. The van der Waals surface area contributed by atoms with Crippen molar-refractivity contribution in [3.63, 3.8) is 0 Å². The molecule has 5 rings (SSSR count). The molecule has 1 saturated carbocycles. The van der Waals surface area contributed by atoms with E-state index in [4.69, 9.17) is 0 Å². The van der Waals surface area contributed by atoms with E-state index in [1.807, 2.05) is 17.5 Å². The molecule has 1 amide bonds. The Bertz CT molecular complexity index is 824. The number of rotatable bonds is 2. The van der Waals surface area contributed by atoms with E-state index in [9.17, 15) is 4.79 Å². The summed E-state index contributed by atoms with van der Waals surface area (Å²) in [6.07, 6.45) is 9.05. The first-order chi connectivity index (χ1) is 13.2. The number of aryl methyl sites for hydroxylation is 1. The first-order valence-corrected chi connectivity index (χ1v) is 10.5. The van der Waals surface area contributed by atoms with Crippen LogP contribution in [0.1, 0.15) is 44.2 Å². The largest absolute Gasteiger partial charge is 0.356 e. The molecule has 2 aromatic heterocycles. The summed E-state index contributed by atoms with van der Waals surface area (Å²) in [5.74, 6) is 3.25. The fourth-order valence-electron chi connectivity index (χ4n) is 5.44. The van der Waals surface area contributed by atoms with Gasteiger partial charge in [0.15, 0.2) is 5.65 Å². The SMILES string of the molecule is Cc1cc(N2CCC(C(=O)N3CC4CCCCC4C3)CC2)n2nccc2n1. The highest BCUT2D eigenvalue weighted by Gasteiger charge is 2.39. The van der Waals surface area contributed by atoms with Crippen LogP contribution in [0.4, 0.5) is 5.82 Å². The lowest BCUT2D eigenvalue weighted by molar-refractivity contribution is -0.135. The van der Waals surface area contributed by atoms with Crippen molar-refractivity contribution in [1.29, 1.82) is 0 Å². The van der Waals surface area contributed by atoms with Gasteiger partial charge >= 0.3 is 0 Å². The van der Waals surface area contributed by atoms with E-state index in [1.54, 1.807) is 6.20 Å². The Morgan fingerprint density at radius 2 is 1.78 bits per heavy atom. The molecule has 0 N–H and O–H groups in total. The number of piperidine rings is 1. The third kappa shape index (κ3) is 3.09. The molecule has 0 aromatic carbocycles. The molecule has 27 heavy (non-hydrogen) atoms. The molecule has 3 aliphatic rings. The van der Waals surface area contributed by atoms with E-state index in [0.29, 0.717) is 5.91 Å². The molecule has 0 spiro atoms. The van der Waals surface area contributed by atoms with E-state index in [1.165, 1.54) is 25.7 Å². The normalized spacial score (nSPS) is 26.6. The van der Waals surface area contributed by atoms with Gasteiger partial charge in [-0.1, -0.05) is 12.8 Å². The predicted octanol–water partition coefficient (Wildman–Crippen LogP) is 2.90. The molecular formula is C21H29N5O. The van der Waals surface area contributed by atoms with Crippen molar-refractivity contribution < 1.29 is 4.79 Å². The zero-order chi connectivity index (χ0) is 18.4. The fourth-order valence-corrected chi connectivity index (χ4v) is 5.44. The number of hydrogen-bond acceptors (Lipinski definition) is 4. The topological polar surface area (TPSA) is 53.7 Å². The fraction of sp³-hybridized carbons (Fsp3) is 0.667. The minimum absolute atomic E-state index is 0.192. The van der Waals surface area contributed by atoms with Crippen LogP contribution in [0, 0.1) is 24.7 Å². The van der Waals surface area contributed by atoms with Crippen LogP contribution in [0.25, 0.3) is 5.65 Å². The Labute approximate surface area is 160 Å². The molecule has 2 saturated heterocycles.